The first-order valence-electron chi connectivity index (χ1n) is 7.11. The molecule has 110 valence electrons. The van der Waals surface area contributed by atoms with Crippen molar-refractivity contribution in [3.8, 4) is 0 Å². The highest BCUT2D eigenvalue weighted by Crippen LogP contribution is 2.31. The minimum Gasteiger partial charge on any atom is -0.370 e. The third kappa shape index (κ3) is 3.42. The van der Waals surface area contributed by atoms with Gasteiger partial charge < -0.3 is 10.2 Å². The lowest BCUT2D eigenvalue weighted by Gasteiger charge is -2.20. The molecule has 5 heteroatoms. The molecule has 0 atom stereocenters. The van der Waals surface area contributed by atoms with E-state index in [1.807, 2.05) is 4.90 Å². The van der Waals surface area contributed by atoms with Crippen molar-refractivity contribution < 1.29 is 4.79 Å². The molecule has 0 aromatic carbocycles. The van der Waals surface area contributed by atoms with E-state index in [4.69, 9.17) is 11.6 Å². The van der Waals surface area contributed by atoms with Gasteiger partial charge in [-0.25, -0.2) is 4.98 Å². The van der Waals surface area contributed by atoms with Crippen LogP contribution in [-0.2, 0) is 0 Å². The molecule has 1 aliphatic rings. The maximum Gasteiger partial charge on any atom is 0.255 e. The number of hydrogen-bond donors (Lipinski definition) is 1. The first kappa shape index (κ1) is 15.1. The van der Waals surface area contributed by atoms with Crippen LogP contribution in [0, 0.1) is 5.41 Å². The van der Waals surface area contributed by atoms with Crippen LogP contribution in [0.2, 0.25) is 5.02 Å². The molecule has 0 saturated carbocycles. The Kier molecular flexibility index (Phi) is 4.53. The van der Waals surface area contributed by atoms with Gasteiger partial charge in [-0.3, -0.25) is 4.79 Å². The summed E-state index contributed by atoms with van der Waals surface area (Å²) in [4.78, 5) is 18.6. The van der Waals surface area contributed by atoms with Crippen LogP contribution in [0.3, 0.4) is 0 Å². The van der Waals surface area contributed by atoms with Gasteiger partial charge in [-0.2, -0.15) is 0 Å². The Bertz CT molecular complexity index is 502. The highest BCUT2D eigenvalue weighted by molar-refractivity contribution is 6.33. The van der Waals surface area contributed by atoms with Gasteiger partial charge in [-0.1, -0.05) is 32.4 Å². The van der Waals surface area contributed by atoms with E-state index in [0.29, 0.717) is 16.4 Å². The van der Waals surface area contributed by atoms with Crippen LogP contribution in [0.25, 0.3) is 0 Å². The number of aromatic nitrogens is 1. The normalized spacial score (nSPS) is 17.3. The molecule has 2 rings (SSSR count). The second kappa shape index (κ2) is 6.00. The topological polar surface area (TPSA) is 45.2 Å². The summed E-state index contributed by atoms with van der Waals surface area (Å²) in [6.45, 7) is 8.86. The van der Waals surface area contributed by atoms with Gasteiger partial charge in [0.15, 0.2) is 0 Å². The average Bonchev–Trinajstić information content (AvgIpc) is 2.77. The summed E-state index contributed by atoms with van der Waals surface area (Å²) in [5.74, 6) is 0.709. The van der Waals surface area contributed by atoms with Gasteiger partial charge in [0.2, 0.25) is 0 Å². The van der Waals surface area contributed by atoms with Gasteiger partial charge in [-0.15, -0.1) is 0 Å². The molecule has 1 fully saturated rings. The maximum absolute atomic E-state index is 12.6. The fraction of sp³-hybridized carbons (Fsp3) is 0.600. The van der Waals surface area contributed by atoms with Crippen molar-refractivity contribution in [1.82, 2.24) is 9.88 Å². The molecule has 1 aromatic heterocycles. The van der Waals surface area contributed by atoms with E-state index in [1.165, 1.54) is 0 Å². The Morgan fingerprint density at radius 3 is 2.90 bits per heavy atom. The highest BCUT2D eigenvalue weighted by Gasteiger charge is 2.33. The molecule has 1 aromatic rings. The Morgan fingerprint density at radius 2 is 2.30 bits per heavy atom. The molecule has 2 heterocycles. The molecule has 4 nitrogen and oxygen atoms in total. The quantitative estimate of drug-likeness (QED) is 0.925. The molecular weight excluding hydrogens is 274 g/mol. The monoisotopic (exact) mass is 295 g/mol. The van der Waals surface area contributed by atoms with Crippen LogP contribution in [0.5, 0.6) is 0 Å². The van der Waals surface area contributed by atoms with Crippen molar-refractivity contribution in [2.45, 2.75) is 33.6 Å². The molecule has 1 saturated heterocycles. The lowest BCUT2D eigenvalue weighted by Crippen LogP contribution is -2.30. The van der Waals surface area contributed by atoms with E-state index in [1.54, 1.807) is 12.3 Å². The molecule has 0 aliphatic carbocycles. The van der Waals surface area contributed by atoms with Gasteiger partial charge in [0.25, 0.3) is 5.91 Å². The summed E-state index contributed by atoms with van der Waals surface area (Å²) in [5, 5.41) is 3.60. The van der Waals surface area contributed by atoms with Crippen LogP contribution in [0.15, 0.2) is 12.3 Å². The summed E-state index contributed by atoms with van der Waals surface area (Å²) in [6.07, 6.45) is 3.59. The number of carbonyl (C=O) groups is 1. The third-order valence-electron chi connectivity index (χ3n) is 3.61. The average molecular weight is 296 g/mol. The van der Waals surface area contributed by atoms with Crippen LogP contribution in [0.1, 0.15) is 44.0 Å². The predicted molar refractivity (Wildman–Crippen MR) is 82.3 cm³/mol. The molecular formula is C15H22ClN3O. The van der Waals surface area contributed by atoms with Crippen molar-refractivity contribution >= 4 is 23.3 Å². The minimum atomic E-state index is 0.00234. The van der Waals surface area contributed by atoms with Crippen LogP contribution in [0.4, 0.5) is 5.82 Å². The summed E-state index contributed by atoms with van der Waals surface area (Å²) in [7, 11) is 0. The van der Waals surface area contributed by atoms with Gasteiger partial charge in [0, 0.05) is 25.8 Å². The van der Waals surface area contributed by atoms with E-state index >= 15 is 0 Å². The van der Waals surface area contributed by atoms with Gasteiger partial charge >= 0.3 is 0 Å². The fourth-order valence-corrected chi connectivity index (χ4v) is 2.59. The van der Waals surface area contributed by atoms with Gasteiger partial charge in [-0.05, 0) is 24.3 Å². The number of hydrogen-bond acceptors (Lipinski definition) is 3. The highest BCUT2D eigenvalue weighted by atomic mass is 35.5. The standard InChI is InChI=1S/C15H22ClN3O/c1-4-6-17-13-8-11(12(16)9-18-13)14(20)19-7-5-15(2,3)10-19/h8-9H,4-7,10H2,1-3H3,(H,17,18). The summed E-state index contributed by atoms with van der Waals surface area (Å²) in [5.41, 5.74) is 0.733. The summed E-state index contributed by atoms with van der Waals surface area (Å²) in [6, 6.07) is 1.76. The molecule has 0 bridgehead atoms. The summed E-state index contributed by atoms with van der Waals surface area (Å²) >= 11 is 6.14. The number of nitrogens with one attached hydrogen (secondary N) is 1. The fourth-order valence-electron chi connectivity index (χ4n) is 2.41. The Balaban J connectivity index is 2.16. The zero-order valence-electron chi connectivity index (χ0n) is 12.4. The molecule has 1 aliphatic heterocycles. The third-order valence-corrected chi connectivity index (χ3v) is 3.91. The first-order chi connectivity index (χ1) is 9.43. The second-order valence-corrected chi connectivity index (χ2v) is 6.52. The second-order valence-electron chi connectivity index (χ2n) is 6.12. The largest absolute Gasteiger partial charge is 0.370 e. The van der Waals surface area contributed by atoms with Crippen molar-refractivity contribution in [3.63, 3.8) is 0 Å². The molecule has 1 amide bonds. The van der Waals surface area contributed by atoms with Crippen LogP contribution < -0.4 is 5.32 Å². The van der Waals surface area contributed by atoms with Gasteiger partial charge in [0.1, 0.15) is 5.82 Å². The number of rotatable bonds is 4. The summed E-state index contributed by atoms with van der Waals surface area (Å²) < 4.78 is 0. The van der Waals surface area contributed by atoms with Crippen molar-refractivity contribution in [2.75, 3.05) is 25.0 Å². The minimum absolute atomic E-state index is 0.00234. The Labute approximate surface area is 125 Å². The lowest BCUT2D eigenvalue weighted by atomic mass is 9.93. The molecule has 20 heavy (non-hydrogen) atoms. The van der Waals surface area contributed by atoms with E-state index in [9.17, 15) is 4.79 Å². The number of likely N-dealkylation sites (tertiary alicyclic amines) is 1. The van der Waals surface area contributed by atoms with E-state index in [2.05, 4.69) is 31.1 Å². The van der Waals surface area contributed by atoms with Crippen molar-refractivity contribution in [2.24, 2.45) is 5.41 Å². The SMILES string of the molecule is CCCNc1cc(C(=O)N2CCC(C)(C)C2)c(Cl)cn1. The van der Waals surface area contributed by atoms with Crippen molar-refractivity contribution in [3.05, 3.63) is 22.8 Å². The van der Waals surface area contributed by atoms with Crippen LogP contribution >= 0.6 is 11.6 Å². The van der Waals surface area contributed by atoms with E-state index in [-0.39, 0.29) is 11.3 Å². The zero-order valence-corrected chi connectivity index (χ0v) is 13.1. The van der Waals surface area contributed by atoms with E-state index < -0.39 is 0 Å². The zero-order chi connectivity index (χ0) is 14.8. The molecule has 0 unspecified atom stereocenters. The van der Waals surface area contributed by atoms with E-state index in [0.717, 1.165) is 32.5 Å². The first-order valence-corrected chi connectivity index (χ1v) is 7.49. The Hall–Kier alpha value is -1.29. The van der Waals surface area contributed by atoms with Crippen molar-refractivity contribution in [1.29, 1.82) is 0 Å². The number of pyridine rings is 1. The number of halogens is 1. The predicted octanol–water partition coefficient (Wildman–Crippen LogP) is 3.43. The Morgan fingerprint density at radius 1 is 1.55 bits per heavy atom. The van der Waals surface area contributed by atoms with Crippen LogP contribution in [-0.4, -0.2) is 35.4 Å². The van der Waals surface area contributed by atoms with Gasteiger partial charge in [0.05, 0.1) is 10.6 Å². The number of anilines is 1. The molecule has 0 spiro atoms. The number of carbonyl (C=O) groups excluding carboxylic acids is 1. The molecule has 0 radical (unpaired) electrons. The smallest absolute Gasteiger partial charge is 0.255 e. The lowest BCUT2D eigenvalue weighted by molar-refractivity contribution is 0.0778. The number of nitrogens with zero attached hydrogens (tertiary/aromatic N) is 2. The number of amides is 1. The maximum atomic E-state index is 12.6. The molecule has 1 N–H and O–H groups in total.